The van der Waals surface area contributed by atoms with E-state index in [1.54, 1.807) is 0 Å². The van der Waals surface area contributed by atoms with Crippen LogP contribution in [0.4, 0.5) is 0 Å². The summed E-state index contributed by atoms with van der Waals surface area (Å²) in [5, 5.41) is 7.36. The Bertz CT molecular complexity index is 927. The number of hydrogen-bond donors (Lipinski definition) is 3. The van der Waals surface area contributed by atoms with E-state index in [2.05, 4.69) is 15.6 Å². The topological polar surface area (TPSA) is 66.2 Å². The molecule has 2 aromatic carbocycles. The molecule has 1 aromatic heterocycles. The van der Waals surface area contributed by atoms with Crippen molar-refractivity contribution in [2.24, 2.45) is 0 Å². The van der Waals surface area contributed by atoms with Gasteiger partial charge in [0.1, 0.15) is 17.5 Å². The maximum Gasteiger partial charge on any atom is 0.268 e. The third-order valence-electron chi connectivity index (χ3n) is 5.14. The number of carbonyl (C=O) groups excluding carboxylic acids is 1. The van der Waals surface area contributed by atoms with Crippen LogP contribution in [-0.2, 0) is 6.54 Å². The molecule has 5 nitrogen and oxygen atoms in total. The molecule has 27 heavy (non-hydrogen) atoms. The predicted molar refractivity (Wildman–Crippen MR) is 107 cm³/mol. The van der Waals surface area contributed by atoms with Gasteiger partial charge in [0.05, 0.1) is 0 Å². The first-order valence-electron chi connectivity index (χ1n) is 9.53. The standard InChI is InChI=1S/C22H25N3O2/c1-15-20-18(8-5-9-19(20)27-17-10-12-23-13-11-17)25-21(15)22(26)24-14-16-6-3-2-4-7-16/h2-9,17,23,25H,10-14H2,1H3,(H,24,26). The van der Waals surface area contributed by atoms with Crippen LogP contribution in [0.25, 0.3) is 10.9 Å². The van der Waals surface area contributed by atoms with Crippen molar-refractivity contribution < 1.29 is 9.53 Å². The summed E-state index contributed by atoms with van der Waals surface area (Å²) in [5.74, 6) is 0.760. The van der Waals surface area contributed by atoms with Crippen LogP contribution in [0.15, 0.2) is 48.5 Å². The highest BCUT2D eigenvalue weighted by molar-refractivity contribution is 6.02. The molecule has 3 aromatic rings. The molecule has 1 amide bonds. The maximum atomic E-state index is 12.7. The Labute approximate surface area is 159 Å². The molecule has 1 saturated heterocycles. The number of ether oxygens (including phenoxy) is 1. The summed E-state index contributed by atoms with van der Waals surface area (Å²) < 4.78 is 6.28. The van der Waals surface area contributed by atoms with Gasteiger partial charge >= 0.3 is 0 Å². The van der Waals surface area contributed by atoms with Gasteiger partial charge in [0.2, 0.25) is 0 Å². The van der Waals surface area contributed by atoms with Gasteiger partial charge < -0.3 is 20.4 Å². The number of aromatic nitrogens is 1. The zero-order valence-electron chi connectivity index (χ0n) is 15.5. The minimum atomic E-state index is -0.0969. The maximum absolute atomic E-state index is 12.7. The van der Waals surface area contributed by atoms with E-state index in [1.165, 1.54) is 0 Å². The Morgan fingerprint density at radius 3 is 2.67 bits per heavy atom. The number of amides is 1. The molecule has 140 valence electrons. The van der Waals surface area contributed by atoms with Crippen LogP contribution in [0.1, 0.15) is 34.5 Å². The first kappa shape index (κ1) is 17.6. The van der Waals surface area contributed by atoms with Crippen molar-refractivity contribution in [3.05, 3.63) is 65.4 Å². The molecule has 5 heteroatoms. The van der Waals surface area contributed by atoms with Gasteiger partial charge in [0.25, 0.3) is 5.91 Å². The molecule has 0 unspecified atom stereocenters. The highest BCUT2D eigenvalue weighted by atomic mass is 16.5. The third kappa shape index (κ3) is 3.83. The highest BCUT2D eigenvalue weighted by Gasteiger charge is 2.20. The number of aromatic amines is 1. The number of hydrogen-bond acceptors (Lipinski definition) is 3. The van der Waals surface area contributed by atoms with E-state index in [1.807, 2.05) is 55.5 Å². The lowest BCUT2D eigenvalue weighted by Gasteiger charge is -2.24. The van der Waals surface area contributed by atoms with Gasteiger partial charge in [-0.3, -0.25) is 4.79 Å². The fraction of sp³-hybridized carbons (Fsp3) is 0.318. The zero-order chi connectivity index (χ0) is 18.6. The lowest BCUT2D eigenvalue weighted by molar-refractivity contribution is 0.0946. The van der Waals surface area contributed by atoms with Crippen molar-refractivity contribution in [2.45, 2.75) is 32.4 Å². The quantitative estimate of drug-likeness (QED) is 0.650. The number of benzene rings is 2. The van der Waals surface area contributed by atoms with Crippen molar-refractivity contribution >= 4 is 16.8 Å². The monoisotopic (exact) mass is 363 g/mol. The molecule has 0 radical (unpaired) electrons. The summed E-state index contributed by atoms with van der Waals surface area (Å²) in [6.45, 7) is 4.46. The van der Waals surface area contributed by atoms with Crippen LogP contribution in [0.3, 0.4) is 0 Å². The molecule has 0 atom stereocenters. The van der Waals surface area contributed by atoms with Crippen molar-refractivity contribution in [2.75, 3.05) is 13.1 Å². The van der Waals surface area contributed by atoms with E-state index in [0.29, 0.717) is 12.2 Å². The van der Waals surface area contributed by atoms with E-state index in [9.17, 15) is 4.79 Å². The largest absolute Gasteiger partial charge is 0.490 e. The molecule has 2 heterocycles. The summed E-state index contributed by atoms with van der Waals surface area (Å²) in [7, 11) is 0. The van der Waals surface area contributed by atoms with Gasteiger partial charge in [-0.25, -0.2) is 0 Å². The lowest BCUT2D eigenvalue weighted by atomic mass is 10.1. The second-order valence-corrected chi connectivity index (χ2v) is 7.04. The molecule has 0 saturated carbocycles. The Balaban J connectivity index is 1.56. The normalized spacial score (nSPS) is 15.0. The number of aryl methyl sites for hydroxylation is 1. The SMILES string of the molecule is Cc1c(C(=O)NCc2ccccc2)[nH]c2cccc(OC3CCNCC3)c12. The van der Waals surface area contributed by atoms with Gasteiger partial charge in [0.15, 0.2) is 0 Å². The van der Waals surface area contributed by atoms with Gasteiger partial charge in [-0.15, -0.1) is 0 Å². The molecule has 3 N–H and O–H groups in total. The number of fused-ring (bicyclic) bond motifs is 1. The molecule has 4 rings (SSSR count). The van der Waals surface area contributed by atoms with Crippen molar-refractivity contribution in [1.29, 1.82) is 0 Å². The summed E-state index contributed by atoms with van der Waals surface area (Å²) >= 11 is 0. The van der Waals surface area contributed by atoms with E-state index in [-0.39, 0.29) is 12.0 Å². The van der Waals surface area contributed by atoms with Gasteiger partial charge in [0, 0.05) is 17.4 Å². The molecular formula is C22H25N3O2. The molecule has 1 fully saturated rings. The van der Waals surface area contributed by atoms with Crippen LogP contribution in [-0.4, -0.2) is 30.1 Å². The smallest absolute Gasteiger partial charge is 0.268 e. The Morgan fingerprint density at radius 1 is 1.11 bits per heavy atom. The molecule has 1 aliphatic rings. The summed E-state index contributed by atoms with van der Waals surface area (Å²) in [4.78, 5) is 16.0. The van der Waals surface area contributed by atoms with Gasteiger partial charge in [-0.05, 0) is 56.1 Å². The van der Waals surface area contributed by atoms with Crippen LogP contribution >= 0.6 is 0 Å². The Morgan fingerprint density at radius 2 is 1.89 bits per heavy atom. The van der Waals surface area contributed by atoms with Crippen LogP contribution in [0.2, 0.25) is 0 Å². The molecule has 1 aliphatic heterocycles. The van der Waals surface area contributed by atoms with Gasteiger partial charge in [-0.1, -0.05) is 36.4 Å². The summed E-state index contributed by atoms with van der Waals surface area (Å²) in [5.41, 5.74) is 3.54. The van der Waals surface area contributed by atoms with Gasteiger partial charge in [-0.2, -0.15) is 0 Å². The second kappa shape index (κ2) is 7.84. The van der Waals surface area contributed by atoms with E-state index >= 15 is 0 Å². The van der Waals surface area contributed by atoms with Crippen molar-refractivity contribution in [3.8, 4) is 5.75 Å². The fourth-order valence-electron chi connectivity index (χ4n) is 3.66. The van der Waals surface area contributed by atoms with Crippen molar-refractivity contribution in [3.63, 3.8) is 0 Å². The molecule has 0 spiro atoms. The third-order valence-corrected chi connectivity index (χ3v) is 5.14. The number of piperidine rings is 1. The average Bonchev–Trinajstić information content (AvgIpc) is 3.05. The Kier molecular flexibility index (Phi) is 5.12. The Hall–Kier alpha value is -2.79. The zero-order valence-corrected chi connectivity index (χ0v) is 15.5. The summed E-state index contributed by atoms with van der Waals surface area (Å²) in [6.07, 6.45) is 2.23. The van der Waals surface area contributed by atoms with E-state index in [0.717, 1.165) is 53.7 Å². The van der Waals surface area contributed by atoms with Crippen LogP contribution < -0.4 is 15.4 Å². The molecular weight excluding hydrogens is 338 g/mol. The predicted octanol–water partition coefficient (Wildman–Crippen LogP) is 3.54. The minimum absolute atomic E-state index is 0.0969. The van der Waals surface area contributed by atoms with Crippen LogP contribution in [0, 0.1) is 6.92 Å². The van der Waals surface area contributed by atoms with Crippen LogP contribution in [0.5, 0.6) is 5.75 Å². The average molecular weight is 363 g/mol. The van der Waals surface area contributed by atoms with E-state index < -0.39 is 0 Å². The highest BCUT2D eigenvalue weighted by Crippen LogP contribution is 2.32. The second-order valence-electron chi connectivity index (χ2n) is 7.04. The number of H-pyrrole nitrogens is 1. The van der Waals surface area contributed by atoms with Crippen molar-refractivity contribution in [1.82, 2.24) is 15.6 Å². The first-order chi connectivity index (χ1) is 13.2. The minimum Gasteiger partial charge on any atom is -0.490 e. The van der Waals surface area contributed by atoms with E-state index in [4.69, 9.17) is 4.74 Å². The first-order valence-corrected chi connectivity index (χ1v) is 9.53. The molecule has 0 aliphatic carbocycles. The number of carbonyl (C=O) groups is 1. The summed E-state index contributed by atoms with van der Waals surface area (Å²) in [6, 6.07) is 15.9. The number of nitrogens with one attached hydrogen (secondary N) is 3. The number of rotatable bonds is 5. The fourth-order valence-corrected chi connectivity index (χ4v) is 3.66. The lowest BCUT2D eigenvalue weighted by Crippen LogP contribution is -2.34. The molecule has 0 bridgehead atoms.